The molecule has 0 spiro atoms. The van der Waals surface area contributed by atoms with Gasteiger partial charge in [-0.3, -0.25) is 10.2 Å². The van der Waals surface area contributed by atoms with E-state index in [-0.39, 0.29) is 22.4 Å². The Kier molecular flexibility index (Phi) is 8.58. The van der Waals surface area contributed by atoms with Crippen LogP contribution in [0.5, 0.6) is 0 Å². The van der Waals surface area contributed by atoms with Crippen molar-refractivity contribution >= 4 is 29.1 Å². The summed E-state index contributed by atoms with van der Waals surface area (Å²) in [7, 11) is 0. The van der Waals surface area contributed by atoms with Crippen molar-refractivity contribution < 1.29 is 31.1 Å². The normalized spacial score (nSPS) is 12.3. The number of ketones is 1. The number of carbonyl (C=O) groups is 1. The third kappa shape index (κ3) is 6.87. The van der Waals surface area contributed by atoms with E-state index in [4.69, 9.17) is 0 Å². The minimum atomic E-state index is -5.05. The molecule has 1 heterocycles. The van der Waals surface area contributed by atoms with Crippen LogP contribution >= 0.6 is 11.8 Å². The van der Waals surface area contributed by atoms with Crippen LogP contribution in [0, 0.1) is 0 Å². The van der Waals surface area contributed by atoms with E-state index in [0.717, 1.165) is 4.90 Å². The van der Waals surface area contributed by atoms with Crippen molar-refractivity contribution in [1.29, 1.82) is 0 Å². The molecule has 0 amide bonds. The van der Waals surface area contributed by atoms with Crippen LogP contribution in [-0.4, -0.2) is 33.9 Å². The Hall–Kier alpha value is -4.19. The molecule has 0 fully saturated rings. The average Bonchev–Trinajstić information content (AvgIpc) is 2.94. The largest absolute Gasteiger partial charge is 0.451 e. The fourth-order valence-corrected chi connectivity index (χ4v) is 4.11. The fraction of sp³-hybridized carbons (Fsp3) is 0.143. The number of hydrogen-bond acceptors (Lipinski definition) is 6. The van der Waals surface area contributed by atoms with Gasteiger partial charge in [0.1, 0.15) is 5.71 Å². The van der Waals surface area contributed by atoms with Gasteiger partial charge >= 0.3 is 12.4 Å². The maximum Gasteiger partial charge on any atom is 0.451 e. The van der Waals surface area contributed by atoms with Crippen LogP contribution in [0.1, 0.15) is 22.6 Å². The summed E-state index contributed by atoms with van der Waals surface area (Å²) < 4.78 is 83.1. The number of benzene rings is 3. The van der Waals surface area contributed by atoms with Crippen molar-refractivity contribution in [3.8, 4) is 22.4 Å². The molecular formula is C28H20F6N4OS. The summed E-state index contributed by atoms with van der Waals surface area (Å²) in [6.45, 7) is 0. The topological polar surface area (TPSA) is 67.2 Å². The highest BCUT2D eigenvalue weighted by molar-refractivity contribution is 7.98. The molecule has 12 heteroatoms. The Labute approximate surface area is 229 Å². The summed E-state index contributed by atoms with van der Waals surface area (Å²) in [5.41, 5.74) is 1.05. The molecule has 0 aliphatic rings. The van der Waals surface area contributed by atoms with Gasteiger partial charge in [-0.1, -0.05) is 72.8 Å². The molecule has 206 valence electrons. The zero-order valence-corrected chi connectivity index (χ0v) is 21.5. The summed E-state index contributed by atoms with van der Waals surface area (Å²) in [4.78, 5) is 20.6. The Morgan fingerprint density at radius 2 is 1.43 bits per heavy atom. The van der Waals surface area contributed by atoms with E-state index in [1.165, 1.54) is 36.0 Å². The second kappa shape index (κ2) is 11.9. The number of hydrazone groups is 1. The van der Waals surface area contributed by atoms with E-state index in [1.54, 1.807) is 60.7 Å². The van der Waals surface area contributed by atoms with E-state index >= 15 is 0 Å². The number of Topliss-reactive ketones (excluding diaryl/α,β-unsaturated/α-hetero) is 1. The van der Waals surface area contributed by atoms with Crippen molar-refractivity contribution in [1.82, 2.24) is 9.97 Å². The smallest absolute Gasteiger partial charge is 0.294 e. The Morgan fingerprint density at radius 1 is 0.825 bits per heavy atom. The second-order valence-electron chi connectivity index (χ2n) is 8.35. The van der Waals surface area contributed by atoms with Crippen LogP contribution in [-0.2, 0) is 6.18 Å². The van der Waals surface area contributed by atoms with Gasteiger partial charge in [0.15, 0.2) is 11.6 Å². The van der Waals surface area contributed by atoms with Crippen molar-refractivity contribution in [2.24, 2.45) is 5.10 Å². The Balaban J connectivity index is 1.88. The number of thioether (sulfide) groups is 1. The van der Waals surface area contributed by atoms with Gasteiger partial charge in [-0.15, -0.1) is 11.8 Å². The number of halogens is 6. The predicted octanol–water partition coefficient (Wildman–Crippen LogP) is 8.15. The number of nitrogens with zero attached hydrogens (tertiary/aromatic N) is 3. The number of aromatic nitrogens is 2. The van der Waals surface area contributed by atoms with Gasteiger partial charge in [0.2, 0.25) is 5.82 Å². The predicted molar refractivity (Wildman–Crippen MR) is 142 cm³/mol. The first-order valence-electron chi connectivity index (χ1n) is 11.6. The van der Waals surface area contributed by atoms with Crippen LogP contribution in [0.25, 0.3) is 22.4 Å². The number of carbonyl (C=O) groups excluding carboxylic acids is 1. The van der Waals surface area contributed by atoms with Crippen molar-refractivity contribution in [3.05, 3.63) is 96.3 Å². The standard InChI is InChI=1S/C28H20F6N4OS/c1-40-20-14-12-19(13-15-20)24-23(18-10-6-3-7-11-18)25(36-26(35-24)28(32,33)34)38-37-22(27(29,30)31)16-21(39)17-8-4-2-5-9-17/h2-15H,16H2,1H3,(H,35,36,38)/b37-22-. The first-order chi connectivity index (χ1) is 19.0. The van der Waals surface area contributed by atoms with E-state index in [9.17, 15) is 31.1 Å². The summed E-state index contributed by atoms with van der Waals surface area (Å²) in [6.07, 6.45) is -9.38. The SMILES string of the molecule is CSc1ccc(-c2nc(C(F)(F)F)nc(N/N=C(/CC(=O)c3ccccc3)C(F)(F)F)c2-c2ccccc2)cc1. The monoisotopic (exact) mass is 574 g/mol. The van der Waals surface area contributed by atoms with Gasteiger partial charge in [0.25, 0.3) is 0 Å². The molecule has 0 saturated carbocycles. The molecule has 4 rings (SSSR count). The first kappa shape index (κ1) is 28.8. The number of anilines is 1. The van der Waals surface area contributed by atoms with Crippen LogP contribution in [0.3, 0.4) is 0 Å². The van der Waals surface area contributed by atoms with Crippen LogP contribution in [0.15, 0.2) is 94.9 Å². The molecule has 1 N–H and O–H groups in total. The summed E-state index contributed by atoms with van der Waals surface area (Å²) in [5, 5.41) is 3.36. The molecule has 0 bridgehead atoms. The third-order valence-electron chi connectivity index (χ3n) is 5.64. The molecular weight excluding hydrogens is 554 g/mol. The van der Waals surface area contributed by atoms with E-state index in [1.807, 2.05) is 6.26 Å². The molecule has 0 saturated heterocycles. The maximum atomic E-state index is 13.9. The molecule has 4 aromatic rings. The molecule has 0 aliphatic heterocycles. The molecule has 0 radical (unpaired) electrons. The van der Waals surface area contributed by atoms with Crippen molar-refractivity contribution in [3.63, 3.8) is 0 Å². The van der Waals surface area contributed by atoms with Gasteiger partial charge in [0.05, 0.1) is 17.7 Å². The number of rotatable bonds is 8. The summed E-state index contributed by atoms with van der Waals surface area (Å²) in [5.74, 6) is -3.04. The highest BCUT2D eigenvalue weighted by Crippen LogP contribution is 2.39. The molecule has 5 nitrogen and oxygen atoms in total. The second-order valence-corrected chi connectivity index (χ2v) is 9.23. The highest BCUT2D eigenvalue weighted by atomic mass is 32.2. The first-order valence-corrected chi connectivity index (χ1v) is 12.9. The van der Waals surface area contributed by atoms with Gasteiger partial charge in [-0.05, 0) is 24.0 Å². The lowest BCUT2D eigenvalue weighted by atomic mass is 9.99. The fourth-order valence-electron chi connectivity index (χ4n) is 3.71. The molecule has 40 heavy (non-hydrogen) atoms. The maximum absolute atomic E-state index is 13.9. The lowest BCUT2D eigenvalue weighted by Gasteiger charge is -2.18. The van der Waals surface area contributed by atoms with Gasteiger partial charge in [-0.25, -0.2) is 9.97 Å². The zero-order valence-electron chi connectivity index (χ0n) is 20.7. The molecule has 0 aliphatic carbocycles. The van der Waals surface area contributed by atoms with Crippen LogP contribution in [0.2, 0.25) is 0 Å². The van der Waals surface area contributed by atoms with E-state index < -0.39 is 41.9 Å². The zero-order chi connectivity index (χ0) is 28.9. The van der Waals surface area contributed by atoms with E-state index in [2.05, 4.69) is 20.5 Å². The van der Waals surface area contributed by atoms with E-state index in [0.29, 0.717) is 5.56 Å². The Morgan fingerprint density at radius 3 is 1.98 bits per heavy atom. The van der Waals surface area contributed by atoms with Gasteiger partial charge in [-0.2, -0.15) is 31.4 Å². The van der Waals surface area contributed by atoms with Crippen molar-refractivity contribution in [2.45, 2.75) is 23.7 Å². The average molecular weight is 575 g/mol. The Bertz CT molecular complexity index is 1510. The molecule has 0 atom stereocenters. The number of alkyl halides is 6. The lowest BCUT2D eigenvalue weighted by molar-refractivity contribution is -0.144. The highest BCUT2D eigenvalue weighted by Gasteiger charge is 2.39. The molecule has 1 aromatic heterocycles. The number of nitrogens with one attached hydrogen (secondary N) is 1. The van der Waals surface area contributed by atoms with Gasteiger partial charge in [0, 0.05) is 16.0 Å². The third-order valence-corrected chi connectivity index (χ3v) is 6.38. The van der Waals surface area contributed by atoms with Crippen LogP contribution in [0.4, 0.5) is 32.2 Å². The molecule has 3 aromatic carbocycles. The van der Waals surface area contributed by atoms with Crippen molar-refractivity contribution in [2.75, 3.05) is 11.7 Å². The lowest BCUT2D eigenvalue weighted by Crippen LogP contribution is -2.27. The minimum Gasteiger partial charge on any atom is -0.294 e. The quantitative estimate of drug-likeness (QED) is 0.0756. The molecule has 0 unspecified atom stereocenters. The van der Waals surface area contributed by atoms with Crippen LogP contribution < -0.4 is 5.43 Å². The van der Waals surface area contributed by atoms with Gasteiger partial charge < -0.3 is 0 Å². The summed E-state index contributed by atoms with van der Waals surface area (Å²) >= 11 is 1.42. The minimum absolute atomic E-state index is 0.00478. The summed E-state index contributed by atoms with van der Waals surface area (Å²) in [6, 6.07) is 21.8. The number of hydrogen-bond donors (Lipinski definition) is 1.